The van der Waals surface area contributed by atoms with Gasteiger partial charge >= 0.3 is 0 Å². The Balaban J connectivity index is 2.82. The van der Waals surface area contributed by atoms with E-state index in [1.165, 1.54) is 0 Å². The van der Waals surface area contributed by atoms with Gasteiger partial charge in [-0.05, 0) is 25.0 Å². The fraction of sp³-hybridized carbons (Fsp3) is 0.455. The second-order valence-corrected chi connectivity index (χ2v) is 3.53. The number of nitrogens with zero attached hydrogens (tertiary/aromatic N) is 2. The van der Waals surface area contributed by atoms with Crippen LogP contribution in [-0.4, -0.2) is 11.1 Å². The highest BCUT2D eigenvalue weighted by Gasteiger charge is 2.11. The molecule has 14 heavy (non-hydrogen) atoms. The molecular weight excluding hydrogens is 176 g/mol. The van der Waals surface area contributed by atoms with Gasteiger partial charge in [-0.2, -0.15) is 5.26 Å². The first kappa shape index (κ1) is 10.5. The number of ether oxygens (including phenoxy) is 1. The van der Waals surface area contributed by atoms with E-state index in [9.17, 15) is 0 Å². The predicted octanol–water partition coefficient (Wildman–Crippen LogP) is 2.38. The molecule has 0 N–H and O–H groups in total. The highest BCUT2D eigenvalue weighted by molar-refractivity contribution is 5.36. The normalized spacial score (nSPS) is 12.2. The Morgan fingerprint density at radius 1 is 1.43 bits per heavy atom. The van der Waals surface area contributed by atoms with Gasteiger partial charge in [0.05, 0.1) is 6.10 Å². The number of pyridine rings is 1. The SMILES string of the molecule is CC(C)C(C)Oc1cccnc1C#N. The van der Waals surface area contributed by atoms with Crippen LogP contribution in [0, 0.1) is 17.2 Å². The van der Waals surface area contributed by atoms with Gasteiger partial charge in [0.1, 0.15) is 6.07 Å². The van der Waals surface area contributed by atoms with Gasteiger partial charge in [0.25, 0.3) is 0 Å². The summed E-state index contributed by atoms with van der Waals surface area (Å²) in [6, 6.07) is 5.54. The average molecular weight is 190 g/mol. The predicted molar refractivity (Wildman–Crippen MR) is 53.9 cm³/mol. The molecule has 1 unspecified atom stereocenters. The van der Waals surface area contributed by atoms with Crippen LogP contribution in [0.15, 0.2) is 18.3 Å². The van der Waals surface area contributed by atoms with Crippen molar-refractivity contribution in [2.75, 3.05) is 0 Å². The van der Waals surface area contributed by atoms with Gasteiger partial charge in [-0.3, -0.25) is 0 Å². The van der Waals surface area contributed by atoms with E-state index in [2.05, 4.69) is 18.8 Å². The number of nitriles is 1. The van der Waals surface area contributed by atoms with Gasteiger partial charge in [-0.15, -0.1) is 0 Å². The molecule has 0 aromatic carbocycles. The summed E-state index contributed by atoms with van der Waals surface area (Å²) in [4.78, 5) is 3.92. The number of aromatic nitrogens is 1. The molecule has 0 amide bonds. The van der Waals surface area contributed by atoms with Crippen LogP contribution in [-0.2, 0) is 0 Å². The third-order valence-corrected chi connectivity index (χ3v) is 2.13. The van der Waals surface area contributed by atoms with Crippen LogP contribution in [0.2, 0.25) is 0 Å². The van der Waals surface area contributed by atoms with Crippen LogP contribution >= 0.6 is 0 Å². The molecule has 0 fully saturated rings. The van der Waals surface area contributed by atoms with Gasteiger partial charge in [0.15, 0.2) is 11.4 Å². The van der Waals surface area contributed by atoms with Crippen molar-refractivity contribution in [3.8, 4) is 11.8 Å². The van der Waals surface area contributed by atoms with Gasteiger partial charge < -0.3 is 4.74 Å². The molecule has 0 radical (unpaired) electrons. The van der Waals surface area contributed by atoms with Crippen LogP contribution in [0.4, 0.5) is 0 Å². The maximum atomic E-state index is 8.78. The lowest BCUT2D eigenvalue weighted by Crippen LogP contribution is -2.19. The van der Waals surface area contributed by atoms with E-state index in [0.717, 1.165) is 0 Å². The zero-order chi connectivity index (χ0) is 10.6. The summed E-state index contributed by atoms with van der Waals surface area (Å²) < 4.78 is 5.61. The van der Waals surface area contributed by atoms with Crippen LogP contribution in [0.3, 0.4) is 0 Å². The molecule has 1 aromatic rings. The number of hydrogen-bond donors (Lipinski definition) is 0. The molecule has 74 valence electrons. The lowest BCUT2D eigenvalue weighted by Gasteiger charge is -2.18. The van der Waals surface area contributed by atoms with Crippen LogP contribution in [0.25, 0.3) is 0 Å². The maximum absolute atomic E-state index is 8.78. The quantitative estimate of drug-likeness (QED) is 0.735. The summed E-state index contributed by atoms with van der Waals surface area (Å²) in [5.41, 5.74) is 0.347. The lowest BCUT2D eigenvalue weighted by atomic mass is 10.1. The van der Waals surface area contributed by atoms with Crippen molar-refractivity contribution in [1.29, 1.82) is 5.26 Å². The third kappa shape index (κ3) is 2.46. The smallest absolute Gasteiger partial charge is 0.182 e. The first-order valence-electron chi connectivity index (χ1n) is 4.67. The second kappa shape index (κ2) is 4.61. The highest BCUT2D eigenvalue weighted by Crippen LogP contribution is 2.18. The summed E-state index contributed by atoms with van der Waals surface area (Å²) >= 11 is 0. The van der Waals surface area contributed by atoms with E-state index in [0.29, 0.717) is 17.4 Å². The zero-order valence-electron chi connectivity index (χ0n) is 8.69. The summed E-state index contributed by atoms with van der Waals surface area (Å²) in [6.07, 6.45) is 1.68. The fourth-order valence-electron chi connectivity index (χ4n) is 0.906. The van der Waals surface area contributed by atoms with Crippen LogP contribution < -0.4 is 4.74 Å². The molecule has 1 rings (SSSR count). The Hall–Kier alpha value is -1.56. The molecular formula is C11H14N2O. The van der Waals surface area contributed by atoms with E-state index >= 15 is 0 Å². The highest BCUT2D eigenvalue weighted by atomic mass is 16.5. The average Bonchev–Trinajstić information content (AvgIpc) is 2.18. The molecule has 3 heteroatoms. The van der Waals surface area contributed by atoms with E-state index in [4.69, 9.17) is 10.00 Å². The van der Waals surface area contributed by atoms with E-state index in [1.54, 1.807) is 18.3 Å². The molecule has 1 heterocycles. The Labute approximate surface area is 84.3 Å². The standard InChI is InChI=1S/C11H14N2O/c1-8(2)9(3)14-11-5-4-6-13-10(11)7-12/h4-6,8-9H,1-3H3. The summed E-state index contributed by atoms with van der Waals surface area (Å²) in [6.45, 7) is 6.14. The molecule has 0 aliphatic carbocycles. The van der Waals surface area contributed by atoms with Crippen molar-refractivity contribution >= 4 is 0 Å². The monoisotopic (exact) mass is 190 g/mol. The molecule has 0 saturated carbocycles. The molecule has 0 aliphatic rings. The molecule has 1 atom stereocenters. The van der Waals surface area contributed by atoms with Gasteiger partial charge in [-0.1, -0.05) is 13.8 Å². The van der Waals surface area contributed by atoms with Crippen molar-refractivity contribution in [1.82, 2.24) is 4.98 Å². The summed E-state index contributed by atoms with van der Waals surface area (Å²) in [7, 11) is 0. The van der Waals surface area contributed by atoms with Crippen molar-refractivity contribution < 1.29 is 4.74 Å². The van der Waals surface area contributed by atoms with E-state index in [-0.39, 0.29) is 6.10 Å². The minimum Gasteiger partial charge on any atom is -0.487 e. The lowest BCUT2D eigenvalue weighted by molar-refractivity contribution is 0.169. The number of rotatable bonds is 3. The van der Waals surface area contributed by atoms with Crippen molar-refractivity contribution in [2.45, 2.75) is 26.9 Å². The number of hydrogen-bond acceptors (Lipinski definition) is 3. The Morgan fingerprint density at radius 3 is 2.71 bits per heavy atom. The minimum atomic E-state index is 0.0892. The second-order valence-electron chi connectivity index (χ2n) is 3.53. The van der Waals surface area contributed by atoms with Crippen LogP contribution in [0.1, 0.15) is 26.5 Å². The van der Waals surface area contributed by atoms with Crippen molar-refractivity contribution in [3.05, 3.63) is 24.0 Å². The van der Waals surface area contributed by atoms with Crippen molar-refractivity contribution in [3.63, 3.8) is 0 Å². The maximum Gasteiger partial charge on any atom is 0.182 e. The van der Waals surface area contributed by atoms with E-state index in [1.807, 2.05) is 13.0 Å². The Morgan fingerprint density at radius 2 is 2.14 bits per heavy atom. The topological polar surface area (TPSA) is 45.9 Å². The molecule has 0 aliphatic heterocycles. The molecule has 3 nitrogen and oxygen atoms in total. The summed E-state index contributed by atoms with van der Waals surface area (Å²) in [5, 5.41) is 8.78. The van der Waals surface area contributed by atoms with Gasteiger partial charge in [0.2, 0.25) is 0 Å². The fourth-order valence-corrected chi connectivity index (χ4v) is 0.906. The summed E-state index contributed by atoms with van der Waals surface area (Å²) in [5.74, 6) is 0.984. The molecule has 1 aromatic heterocycles. The molecule has 0 saturated heterocycles. The third-order valence-electron chi connectivity index (χ3n) is 2.13. The molecule has 0 bridgehead atoms. The first-order chi connectivity index (χ1) is 6.65. The minimum absolute atomic E-state index is 0.0892. The van der Waals surface area contributed by atoms with E-state index < -0.39 is 0 Å². The van der Waals surface area contributed by atoms with Gasteiger partial charge in [0, 0.05) is 6.20 Å². The Kier molecular flexibility index (Phi) is 3.47. The van der Waals surface area contributed by atoms with Crippen LogP contribution in [0.5, 0.6) is 5.75 Å². The van der Waals surface area contributed by atoms with Crippen molar-refractivity contribution in [2.24, 2.45) is 5.92 Å². The first-order valence-corrected chi connectivity index (χ1v) is 4.67. The Bertz CT molecular complexity index is 341. The van der Waals surface area contributed by atoms with Gasteiger partial charge in [-0.25, -0.2) is 4.98 Å². The molecule has 0 spiro atoms. The zero-order valence-corrected chi connectivity index (χ0v) is 8.69. The largest absolute Gasteiger partial charge is 0.487 e.